The molecule has 16 heavy (non-hydrogen) atoms. The minimum atomic E-state index is -0.435. The van der Waals surface area contributed by atoms with E-state index >= 15 is 0 Å². The number of piperidine rings is 1. The number of carbonyl (C=O) groups is 1. The molecule has 88 valence electrons. The van der Waals surface area contributed by atoms with Crippen molar-refractivity contribution in [3.05, 3.63) is 17.5 Å². The maximum Gasteiger partial charge on any atom is 0.377 e. The van der Waals surface area contributed by atoms with Gasteiger partial charge in [-0.05, 0) is 32.9 Å². The Hall–Kier alpha value is -1.36. The van der Waals surface area contributed by atoms with Crippen LogP contribution in [-0.2, 0) is 4.74 Å². The number of carbonyl (C=O) groups excluding carboxylic acids is 1. The fraction of sp³-hybridized carbons (Fsp3) is 0.636. The van der Waals surface area contributed by atoms with E-state index in [4.69, 9.17) is 9.26 Å². The van der Waals surface area contributed by atoms with E-state index < -0.39 is 5.97 Å². The van der Waals surface area contributed by atoms with Crippen molar-refractivity contribution in [2.45, 2.75) is 25.7 Å². The van der Waals surface area contributed by atoms with Gasteiger partial charge in [0.1, 0.15) is 0 Å². The highest BCUT2D eigenvalue weighted by molar-refractivity contribution is 5.86. The summed E-state index contributed by atoms with van der Waals surface area (Å²) >= 11 is 0. The summed E-state index contributed by atoms with van der Waals surface area (Å²) in [5.74, 6) is 0.166. The van der Waals surface area contributed by atoms with Gasteiger partial charge in [0.15, 0.2) is 0 Å². The molecule has 0 atom stereocenters. The zero-order chi connectivity index (χ0) is 11.4. The molecule has 0 radical (unpaired) electrons. The normalized spacial score (nSPS) is 17.3. The number of hydrogen-bond donors (Lipinski definition) is 1. The molecule has 1 fully saturated rings. The second kappa shape index (κ2) is 5.12. The van der Waals surface area contributed by atoms with E-state index in [1.54, 1.807) is 13.0 Å². The molecule has 0 saturated carbocycles. The standard InChI is InChI=1S/C11H16N2O3/c1-2-15-11(14)10-7-9(13-16-10)8-3-5-12-6-4-8/h7-8,12H,2-6H2,1H3. The Kier molecular flexibility index (Phi) is 3.56. The van der Waals surface area contributed by atoms with Crippen molar-refractivity contribution in [2.24, 2.45) is 0 Å². The van der Waals surface area contributed by atoms with E-state index in [0.29, 0.717) is 12.5 Å². The molecular weight excluding hydrogens is 208 g/mol. The summed E-state index contributed by atoms with van der Waals surface area (Å²) < 4.78 is 9.83. The third kappa shape index (κ3) is 2.41. The largest absolute Gasteiger partial charge is 0.460 e. The van der Waals surface area contributed by atoms with Gasteiger partial charge in [0, 0.05) is 12.0 Å². The highest BCUT2D eigenvalue weighted by atomic mass is 16.6. The molecular formula is C11H16N2O3. The summed E-state index contributed by atoms with van der Waals surface area (Å²) in [4.78, 5) is 11.4. The molecule has 2 rings (SSSR count). The van der Waals surface area contributed by atoms with Crippen LogP contribution in [0.1, 0.15) is 41.9 Å². The quantitative estimate of drug-likeness (QED) is 0.784. The third-order valence-electron chi connectivity index (χ3n) is 2.76. The van der Waals surface area contributed by atoms with Crippen molar-refractivity contribution in [3.8, 4) is 0 Å². The van der Waals surface area contributed by atoms with Gasteiger partial charge < -0.3 is 14.6 Å². The average Bonchev–Trinajstić information content (AvgIpc) is 2.80. The molecule has 1 aromatic heterocycles. The first-order chi connectivity index (χ1) is 7.81. The van der Waals surface area contributed by atoms with Crippen LogP contribution in [0.3, 0.4) is 0 Å². The van der Waals surface area contributed by atoms with Crippen LogP contribution in [-0.4, -0.2) is 30.8 Å². The van der Waals surface area contributed by atoms with Crippen molar-refractivity contribution in [1.29, 1.82) is 0 Å². The van der Waals surface area contributed by atoms with Gasteiger partial charge in [-0.25, -0.2) is 4.79 Å². The van der Waals surface area contributed by atoms with E-state index in [1.807, 2.05) is 0 Å². The molecule has 1 aliphatic rings. The Morgan fingerprint density at radius 3 is 3.06 bits per heavy atom. The van der Waals surface area contributed by atoms with Crippen molar-refractivity contribution in [2.75, 3.05) is 19.7 Å². The van der Waals surface area contributed by atoms with E-state index in [-0.39, 0.29) is 5.76 Å². The van der Waals surface area contributed by atoms with Crippen molar-refractivity contribution in [1.82, 2.24) is 10.5 Å². The smallest absolute Gasteiger partial charge is 0.377 e. The molecule has 2 heterocycles. The molecule has 1 N–H and O–H groups in total. The Morgan fingerprint density at radius 1 is 1.62 bits per heavy atom. The Balaban J connectivity index is 2.03. The van der Waals surface area contributed by atoms with Gasteiger partial charge in [-0.3, -0.25) is 0 Å². The minimum absolute atomic E-state index is 0.204. The molecule has 1 aromatic rings. The number of aromatic nitrogens is 1. The first-order valence-electron chi connectivity index (χ1n) is 5.65. The Labute approximate surface area is 94.1 Å². The van der Waals surface area contributed by atoms with Gasteiger partial charge in [0.2, 0.25) is 5.76 Å². The minimum Gasteiger partial charge on any atom is -0.460 e. The Morgan fingerprint density at radius 2 is 2.38 bits per heavy atom. The first kappa shape index (κ1) is 11.1. The topological polar surface area (TPSA) is 64.4 Å². The lowest BCUT2D eigenvalue weighted by Gasteiger charge is -2.19. The second-order valence-electron chi connectivity index (χ2n) is 3.86. The number of nitrogens with one attached hydrogen (secondary N) is 1. The molecule has 0 unspecified atom stereocenters. The zero-order valence-electron chi connectivity index (χ0n) is 9.36. The molecule has 0 amide bonds. The molecule has 0 bridgehead atoms. The van der Waals surface area contributed by atoms with Crippen LogP contribution in [0.2, 0.25) is 0 Å². The van der Waals surface area contributed by atoms with E-state index in [9.17, 15) is 4.79 Å². The van der Waals surface area contributed by atoms with Gasteiger partial charge in [-0.15, -0.1) is 0 Å². The van der Waals surface area contributed by atoms with E-state index in [2.05, 4.69) is 10.5 Å². The molecule has 5 heteroatoms. The molecule has 0 spiro atoms. The van der Waals surface area contributed by atoms with Crippen LogP contribution in [0.25, 0.3) is 0 Å². The van der Waals surface area contributed by atoms with Crippen molar-refractivity contribution in [3.63, 3.8) is 0 Å². The number of nitrogens with zero attached hydrogens (tertiary/aromatic N) is 1. The van der Waals surface area contributed by atoms with Gasteiger partial charge in [-0.1, -0.05) is 5.16 Å². The monoisotopic (exact) mass is 224 g/mol. The predicted octanol–water partition coefficient (Wildman–Crippen LogP) is 1.32. The lowest BCUT2D eigenvalue weighted by molar-refractivity contribution is 0.0479. The van der Waals surface area contributed by atoms with E-state index in [1.165, 1.54) is 0 Å². The summed E-state index contributed by atoms with van der Waals surface area (Å²) in [5, 5.41) is 7.22. The van der Waals surface area contributed by atoms with Crippen molar-refractivity contribution < 1.29 is 14.1 Å². The van der Waals surface area contributed by atoms with E-state index in [0.717, 1.165) is 31.6 Å². The van der Waals surface area contributed by atoms with Gasteiger partial charge in [0.25, 0.3) is 0 Å². The maximum absolute atomic E-state index is 11.4. The summed E-state index contributed by atoms with van der Waals surface area (Å²) in [5.41, 5.74) is 0.865. The van der Waals surface area contributed by atoms with Gasteiger partial charge in [0.05, 0.1) is 12.3 Å². The number of rotatable bonds is 3. The van der Waals surface area contributed by atoms with Crippen LogP contribution in [0.4, 0.5) is 0 Å². The predicted molar refractivity (Wildman–Crippen MR) is 57.3 cm³/mol. The Bertz CT molecular complexity index is 356. The van der Waals surface area contributed by atoms with Crippen LogP contribution >= 0.6 is 0 Å². The maximum atomic E-state index is 11.4. The van der Waals surface area contributed by atoms with Gasteiger partial charge in [-0.2, -0.15) is 0 Å². The fourth-order valence-corrected chi connectivity index (χ4v) is 1.90. The summed E-state index contributed by atoms with van der Waals surface area (Å²) in [6.45, 7) is 4.10. The number of hydrogen-bond acceptors (Lipinski definition) is 5. The SMILES string of the molecule is CCOC(=O)c1cc(C2CCNCC2)no1. The molecule has 1 saturated heterocycles. The highest BCUT2D eigenvalue weighted by Gasteiger charge is 2.21. The number of ether oxygens (including phenoxy) is 1. The third-order valence-corrected chi connectivity index (χ3v) is 2.76. The second-order valence-corrected chi connectivity index (χ2v) is 3.86. The summed E-state index contributed by atoms with van der Waals surface area (Å²) in [7, 11) is 0. The average molecular weight is 224 g/mol. The molecule has 5 nitrogen and oxygen atoms in total. The van der Waals surface area contributed by atoms with Crippen LogP contribution in [0, 0.1) is 0 Å². The first-order valence-corrected chi connectivity index (χ1v) is 5.65. The summed E-state index contributed by atoms with van der Waals surface area (Å²) in [6, 6.07) is 1.70. The zero-order valence-corrected chi connectivity index (χ0v) is 9.36. The highest BCUT2D eigenvalue weighted by Crippen LogP contribution is 2.24. The lowest BCUT2D eigenvalue weighted by atomic mass is 9.95. The lowest BCUT2D eigenvalue weighted by Crippen LogP contribution is -2.26. The summed E-state index contributed by atoms with van der Waals surface area (Å²) in [6.07, 6.45) is 2.07. The van der Waals surface area contributed by atoms with Crippen LogP contribution in [0.5, 0.6) is 0 Å². The van der Waals surface area contributed by atoms with Gasteiger partial charge >= 0.3 is 5.97 Å². The number of esters is 1. The van der Waals surface area contributed by atoms with Crippen molar-refractivity contribution >= 4 is 5.97 Å². The molecule has 0 aliphatic carbocycles. The van der Waals surface area contributed by atoms with Crippen LogP contribution in [0.15, 0.2) is 10.6 Å². The fourth-order valence-electron chi connectivity index (χ4n) is 1.90. The van der Waals surface area contributed by atoms with Crippen LogP contribution < -0.4 is 5.32 Å². The molecule has 0 aromatic carbocycles. The molecule has 1 aliphatic heterocycles.